The second-order valence-electron chi connectivity index (χ2n) is 6.03. The van der Waals surface area contributed by atoms with Crippen LogP contribution in [0.25, 0.3) is 28.3 Å². The summed E-state index contributed by atoms with van der Waals surface area (Å²) in [6.07, 6.45) is 6.10. The van der Waals surface area contributed by atoms with Crippen molar-refractivity contribution in [3.05, 3.63) is 79.0 Å². The summed E-state index contributed by atoms with van der Waals surface area (Å²) in [5, 5.41) is 3.88. The molecule has 1 amide bonds. The average molecular weight is 371 g/mol. The van der Waals surface area contributed by atoms with E-state index in [9.17, 15) is 4.79 Å². The van der Waals surface area contributed by atoms with Gasteiger partial charge in [-0.15, -0.1) is 0 Å². The van der Waals surface area contributed by atoms with Crippen molar-refractivity contribution >= 4 is 28.6 Å². The van der Waals surface area contributed by atoms with Crippen LogP contribution in [0.15, 0.2) is 77.7 Å². The number of nitrogens with one attached hydrogen (secondary N) is 1. The zero-order valence-electron chi connectivity index (χ0n) is 15.1. The van der Waals surface area contributed by atoms with Crippen LogP contribution in [0.5, 0.6) is 5.75 Å². The van der Waals surface area contributed by atoms with Crippen molar-refractivity contribution in [2.75, 3.05) is 12.4 Å². The predicted molar refractivity (Wildman–Crippen MR) is 108 cm³/mol. The highest BCUT2D eigenvalue weighted by Crippen LogP contribution is 2.32. The van der Waals surface area contributed by atoms with E-state index in [4.69, 9.17) is 9.15 Å². The number of rotatable bonds is 5. The number of anilines is 1. The van der Waals surface area contributed by atoms with Crippen LogP contribution in [0, 0.1) is 0 Å². The standard InChI is InChI=1S/C22H17N3O3/c1-27-20-12-17(8-10-18(20)21-13-23-14-28-21)25-22(26)11-9-16-7-6-15-4-2-3-5-19(15)24-16/h2-14H,1H3,(H,25,26)/b11-9+. The molecule has 0 bridgehead atoms. The third kappa shape index (κ3) is 3.76. The molecule has 0 unspecified atom stereocenters. The molecule has 0 radical (unpaired) electrons. The summed E-state index contributed by atoms with van der Waals surface area (Å²) in [5.74, 6) is 0.913. The molecule has 0 fully saturated rings. The number of benzene rings is 2. The largest absolute Gasteiger partial charge is 0.496 e. The highest BCUT2D eigenvalue weighted by atomic mass is 16.5. The van der Waals surface area contributed by atoms with Crippen molar-refractivity contribution in [1.82, 2.24) is 9.97 Å². The van der Waals surface area contributed by atoms with E-state index in [-0.39, 0.29) is 5.91 Å². The van der Waals surface area contributed by atoms with Gasteiger partial charge in [-0.3, -0.25) is 4.79 Å². The Kier molecular flexibility index (Phi) is 4.84. The van der Waals surface area contributed by atoms with E-state index < -0.39 is 0 Å². The van der Waals surface area contributed by atoms with Gasteiger partial charge in [0.05, 0.1) is 30.1 Å². The van der Waals surface area contributed by atoms with Crippen molar-refractivity contribution in [1.29, 1.82) is 0 Å². The molecule has 0 spiro atoms. The Morgan fingerprint density at radius 3 is 2.86 bits per heavy atom. The van der Waals surface area contributed by atoms with Crippen LogP contribution in [0.3, 0.4) is 0 Å². The number of aromatic nitrogens is 2. The molecule has 6 nitrogen and oxygen atoms in total. The van der Waals surface area contributed by atoms with Crippen molar-refractivity contribution in [2.24, 2.45) is 0 Å². The first-order chi connectivity index (χ1) is 13.7. The van der Waals surface area contributed by atoms with Gasteiger partial charge in [-0.2, -0.15) is 0 Å². The first-order valence-electron chi connectivity index (χ1n) is 8.65. The smallest absolute Gasteiger partial charge is 0.248 e. The Hall–Kier alpha value is -3.93. The maximum atomic E-state index is 12.3. The van der Waals surface area contributed by atoms with E-state index >= 15 is 0 Å². The fourth-order valence-electron chi connectivity index (χ4n) is 2.84. The van der Waals surface area contributed by atoms with Crippen LogP contribution in [0.2, 0.25) is 0 Å². The average Bonchev–Trinajstić information content (AvgIpc) is 3.26. The Labute approximate surface area is 161 Å². The maximum Gasteiger partial charge on any atom is 0.248 e. The molecule has 0 aliphatic carbocycles. The lowest BCUT2D eigenvalue weighted by molar-refractivity contribution is -0.111. The van der Waals surface area contributed by atoms with Gasteiger partial charge in [0.2, 0.25) is 5.91 Å². The minimum Gasteiger partial charge on any atom is -0.496 e. The zero-order valence-corrected chi connectivity index (χ0v) is 15.1. The maximum absolute atomic E-state index is 12.3. The number of amides is 1. The number of oxazole rings is 1. The van der Waals surface area contributed by atoms with Gasteiger partial charge >= 0.3 is 0 Å². The van der Waals surface area contributed by atoms with Crippen LogP contribution >= 0.6 is 0 Å². The first-order valence-corrected chi connectivity index (χ1v) is 8.65. The molecular formula is C22H17N3O3. The van der Waals surface area contributed by atoms with E-state index in [0.717, 1.165) is 16.5 Å². The SMILES string of the molecule is COc1cc(NC(=O)/C=C/c2ccc3ccccc3n2)ccc1-c1cnco1. The van der Waals surface area contributed by atoms with Crippen molar-refractivity contribution in [2.45, 2.75) is 0 Å². The van der Waals surface area contributed by atoms with Crippen molar-refractivity contribution in [3.8, 4) is 17.1 Å². The second kappa shape index (κ2) is 7.75. The zero-order chi connectivity index (χ0) is 19.3. The predicted octanol–water partition coefficient (Wildman–Crippen LogP) is 4.55. The number of fused-ring (bicyclic) bond motifs is 1. The molecule has 1 N–H and O–H groups in total. The summed E-state index contributed by atoms with van der Waals surface area (Å²) in [6.45, 7) is 0. The molecule has 4 aromatic rings. The van der Waals surface area contributed by atoms with Gasteiger partial charge < -0.3 is 14.5 Å². The number of ether oxygens (including phenoxy) is 1. The number of para-hydroxylation sites is 1. The minimum atomic E-state index is -0.260. The molecule has 0 aliphatic heterocycles. The molecule has 0 atom stereocenters. The molecule has 4 rings (SSSR count). The Balaban J connectivity index is 1.49. The number of pyridine rings is 1. The number of methoxy groups -OCH3 is 1. The lowest BCUT2D eigenvalue weighted by Gasteiger charge is -2.09. The molecule has 138 valence electrons. The fraction of sp³-hybridized carbons (Fsp3) is 0.0455. The Morgan fingerprint density at radius 2 is 2.04 bits per heavy atom. The molecule has 2 aromatic heterocycles. The molecule has 28 heavy (non-hydrogen) atoms. The quantitative estimate of drug-likeness (QED) is 0.521. The first kappa shape index (κ1) is 17.5. The van der Waals surface area contributed by atoms with E-state index in [1.54, 1.807) is 31.5 Å². The van der Waals surface area contributed by atoms with Gasteiger partial charge in [0.1, 0.15) is 5.75 Å². The van der Waals surface area contributed by atoms with Gasteiger partial charge in [0.15, 0.2) is 12.2 Å². The van der Waals surface area contributed by atoms with Gasteiger partial charge in [-0.05, 0) is 30.3 Å². The molecular weight excluding hydrogens is 354 g/mol. The molecule has 0 saturated heterocycles. The molecule has 6 heteroatoms. The number of hydrogen-bond donors (Lipinski definition) is 1. The molecule has 2 heterocycles. The Morgan fingerprint density at radius 1 is 1.14 bits per heavy atom. The van der Waals surface area contributed by atoms with Crippen molar-refractivity contribution < 1.29 is 13.9 Å². The summed E-state index contributed by atoms with van der Waals surface area (Å²) in [6, 6.07) is 17.0. The topological polar surface area (TPSA) is 77.2 Å². The van der Waals surface area contributed by atoms with Crippen molar-refractivity contribution in [3.63, 3.8) is 0 Å². The monoisotopic (exact) mass is 371 g/mol. The highest BCUT2D eigenvalue weighted by molar-refractivity contribution is 6.02. The van der Waals surface area contributed by atoms with Gasteiger partial charge in [-0.25, -0.2) is 9.97 Å². The summed E-state index contributed by atoms with van der Waals surface area (Å²) < 4.78 is 10.7. The van der Waals surface area contributed by atoms with Gasteiger partial charge in [-0.1, -0.05) is 24.3 Å². The highest BCUT2D eigenvalue weighted by Gasteiger charge is 2.10. The number of nitrogens with zero attached hydrogens (tertiary/aromatic N) is 2. The third-order valence-electron chi connectivity index (χ3n) is 4.19. The van der Waals surface area contributed by atoms with E-state index in [0.29, 0.717) is 22.9 Å². The lowest BCUT2D eigenvalue weighted by atomic mass is 10.1. The number of carbonyl (C=O) groups excluding carboxylic acids is 1. The van der Waals surface area contributed by atoms with Crippen LogP contribution in [0.4, 0.5) is 5.69 Å². The Bertz CT molecular complexity index is 1150. The normalized spacial score (nSPS) is 11.0. The fourth-order valence-corrected chi connectivity index (χ4v) is 2.84. The second-order valence-corrected chi connectivity index (χ2v) is 6.03. The van der Waals surface area contributed by atoms with Gasteiger partial charge in [0.25, 0.3) is 0 Å². The van der Waals surface area contributed by atoms with Crippen LogP contribution in [0.1, 0.15) is 5.69 Å². The third-order valence-corrected chi connectivity index (χ3v) is 4.19. The summed E-state index contributed by atoms with van der Waals surface area (Å²) in [4.78, 5) is 20.7. The van der Waals surface area contributed by atoms with E-state index in [1.807, 2.05) is 42.5 Å². The number of hydrogen-bond acceptors (Lipinski definition) is 5. The van der Waals surface area contributed by atoms with Crippen LogP contribution < -0.4 is 10.1 Å². The summed E-state index contributed by atoms with van der Waals surface area (Å²) in [7, 11) is 1.56. The minimum absolute atomic E-state index is 0.260. The van der Waals surface area contributed by atoms with Crippen LogP contribution in [-0.4, -0.2) is 23.0 Å². The summed E-state index contributed by atoms with van der Waals surface area (Å²) in [5.41, 5.74) is 2.97. The van der Waals surface area contributed by atoms with Crippen LogP contribution in [-0.2, 0) is 4.79 Å². The molecule has 2 aromatic carbocycles. The number of carbonyl (C=O) groups is 1. The van der Waals surface area contributed by atoms with E-state index in [2.05, 4.69) is 15.3 Å². The van der Waals surface area contributed by atoms with E-state index in [1.165, 1.54) is 12.5 Å². The molecule has 0 saturated carbocycles. The van der Waals surface area contributed by atoms with Gasteiger partial charge in [0, 0.05) is 23.2 Å². The lowest BCUT2D eigenvalue weighted by Crippen LogP contribution is -2.08. The summed E-state index contributed by atoms with van der Waals surface area (Å²) >= 11 is 0. The molecule has 0 aliphatic rings.